The molecule has 2 N–H and O–H groups in total. The minimum Gasteiger partial charge on any atom is -0.507 e. The molecule has 2 heteroatoms. The lowest BCUT2D eigenvalue weighted by molar-refractivity contribution is -0.00657. The van der Waals surface area contributed by atoms with E-state index in [1.165, 1.54) is 5.56 Å². The fraction of sp³-hybridized carbons (Fsp3) is 0.655. The summed E-state index contributed by atoms with van der Waals surface area (Å²) >= 11 is 0. The molecular weight excluding hydrogens is 380 g/mol. The number of hydrogen-bond acceptors (Lipinski definition) is 2. The molecule has 0 bridgehead atoms. The van der Waals surface area contributed by atoms with Crippen molar-refractivity contribution < 1.29 is 10.2 Å². The van der Waals surface area contributed by atoms with Gasteiger partial charge in [-0.2, -0.15) is 0 Å². The molecule has 2 atom stereocenters. The van der Waals surface area contributed by atoms with E-state index in [0.717, 1.165) is 16.7 Å². The molecule has 0 radical (unpaired) electrons. The van der Waals surface area contributed by atoms with Crippen LogP contribution in [-0.2, 0) is 17.3 Å². The second kappa shape index (κ2) is 7.80. The van der Waals surface area contributed by atoms with E-state index in [4.69, 9.17) is 0 Å². The monoisotopic (exact) mass is 426 g/mol. The van der Waals surface area contributed by atoms with E-state index in [2.05, 4.69) is 113 Å². The van der Waals surface area contributed by atoms with Gasteiger partial charge in [-0.25, -0.2) is 0 Å². The van der Waals surface area contributed by atoms with Crippen molar-refractivity contribution in [1.29, 1.82) is 0 Å². The molecule has 1 aromatic carbocycles. The topological polar surface area (TPSA) is 40.5 Å². The number of phenols is 1. The van der Waals surface area contributed by atoms with E-state index in [1.807, 2.05) is 0 Å². The zero-order chi connectivity index (χ0) is 24.2. The summed E-state index contributed by atoms with van der Waals surface area (Å²) in [5.74, 6) is 0.406. The summed E-state index contributed by atoms with van der Waals surface area (Å²) < 4.78 is 0. The summed E-state index contributed by atoms with van der Waals surface area (Å²) in [6, 6.07) is 4.32. The second-order valence-electron chi connectivity index (χ2n) is 13.6. The summed E-state index contributed by atoms with van der Waals surface area (Å²) in [6.07, 6.45) is 6.59. The molecule has 0 spiro atoms. The van der Waals surface area contributed by atoms with Crippen molar-refractivity contribution in [3.8, 4) is 5.75 Å². The number of rotatable bonds is 2. The maximum atomic E-state index is 11.8. The largest absolute Gasteiger partial charge is 0.507 e. The van der Waals surface area contributed by atoms with Crippen LogP contribution >= 0.6 is 0 Å². The highest BCUT2D eigenvalue weighted by Gasteiger charge is 2.49. The van der Waals surface area contributed by atoms with Crippen LogP contribution in [0, 0.1) is 16.2 Å². The predicted molar refractivity (Wildman–Crippen MR) is 134 cm³/mol. The standard InChI is InChI=1S/C29H46O2/c1-25(2,3)20-14-13-15-29(24(20)31,28(10,11)12)18-19-16-21(26(4,5)6)23(30)22(17-19)27(7,8)9/h13-17,24,30-31H,18H2,1-12H3. The van der Waals surface area contributed by atoms with E-state index >= 15 is 0 Å². The summed E-state index contributed by atoms with van der Waals surface area (Å²) in [5, 5.41) is 22.9. The minimum atomic E-state index is -0.567. The Morgan fingerprint density at radius 3 is 1.58 bits per heavy atom. The van der Waals surface area contributed by atoms with Crippen LogP contribution in [0.25, 0.3) is 0 Å². The molecular formula is C29H46O2. The zero-order valence-electron chi connectivity index (χ0n) is 22.1. The predicted octanol–water partition coefficient (Wildman–Crippen LogP) is 7.47. The molecule has 1 aliphatic carbocycles. The van der Waals surface area contributed by atoms with Crippen LogP contribution in [0.1, 0.15) is 99.8 Å². The van der Waals surface area contributed by atoms with Gasteiger partial charge in [0.25, 0.3) is 0 Å². The highest BCUT2D eigenvalue weighted by molar-refractivity contribution is 5.50. The summed E-state index contributed by atoms with van der Waals surface area (Å²) in [7, 11) is 0. The molecule has 0 saturated carbocycles. The Bertz CT molecular complexity index is 838. The van der Waals surface area contributed by atoms with Gasteiger partial charge in [0.2, 0.25) is 0 Å². The van der Waals surface area contributed by atoms with Gasteiger partial charge in [0.05, 0.1) is 6.10 Å². The first-order valence-corrected chi connectivity index (χ1v) is 11.7. The fourth-order valence-electron chi connectivity index (χ4n) is 4.80. The third kappa shape index (κ3) is 4.95. The molecule has 0 amide bonds. The lowest BCUT2D eigenvalue weighted by Gasteiger charge is -2.50. The quantitative estimate of drug-likeness (QED) is 0.515. The number of phenolic OH excluding ortho intramolecular Hbond substituents is 1. The van der Waals surface area contributed by atoms with Crippen molar-refractivity contribution in [2.24, 2.45) is 16.2 Å². The number of benzene rings is 1. The third-order valence-corrected chi connectivity index (χ3v) is 7.00. The van der Waals surface area contributed by atoms with Gasteiger partial charge in [-0.05, 0) is 50.3 Å². The molecule has 2 nitrogen and oxygen atoms in total. The summed E-state index contributed by atoms with van der Waals surface area (Å²) in [5.41, 5.74) is 3.14. The molecule has 1 aliphatic rings. The van der Waals surface area contributed by atoms with Gasteiger partial charge in [0, 0.05) is 5.41 Å². The first-order chi connectivity index (χ1) is 13.7. The number of aliphatic hydroxyl groups is 1. The van der Waals surface area contributed by atoms with Crippen molar-refractivity contribution in [2.45, 2.75) is 106 Å². The normalized spacial score (nSPS) is 23.1. The van der Waals surface area contributed by atoms with Crippen LogP contribution in [0.4, 0.5) is 0 Å². The van der Waals surface area contributed by atoms with E-state index in [0.29, 0.717) is 12.2 Å². The zero-order valence-corrected chi connectivity index (χ0v) is 22.1. The minimum absolute atomic E-state index is 0.108. The Balaban J connectivity index is 2.73. The van der Waals surface area contributed by atoms with Gasteiger partial charge >= 0.3 is 0 Å². The van der Waals surface area contributed by atoms with Crippen LogP contribution in [0.3, 0.4) is 0 Å². The summed E-state index contributed by atoms with van der Waals surface area (Å²) in [6.45, 7) is 26.1. The third-order valence-electron chi connectivity index (χ3n) is 7.00. The average Bonchev–Trinajstić information content (AvgIpc) is 2.53. The Morgan fingerprint density at radius 2 is 1.23 bits per heavy atom. The molecule has 0 heterocycles. The van der Waals surface area contributed by atoms with Gasteiger partial charge in [0.1, 0.15) is 5.75 Å². The van der Waals surface area contributed by atoms with Crippen LogP contribution in [-0.4, -0.2) is 16.3 Å². The van der Waals surface area contributed by atoms with E-state index in [-0.39, 0.29) is 21.7 Å². The summed E-state index contributed by atoms with van der Waals surface area (Å²) in [4.78, 5) is 0. The van der Waals surface area contributed by atoms with Crippen LogP contribution in [0.2, 0.25) is 0 Å². The first kappa shape index (κ1) is 25.7. The van der Waals surface area contributed by atoms with Crippen LogP contribution in [0.5, 0.6) is 5.75 Å². The van der Waals surface area contributed by atoms with Crippen molar-refractivity contribution in [3.63, 3.8) is 0 Å². The van der Waals surface area contributed by atoms with Crippen LogP contribution < -0.4 is 0 Å². The van der Waals surface area contributed by atoms with E-state index in [1.54, 1.807) is 0 Å². The Hall–Kier alpha value is -1.54. The van der Waals surface area contributed by atoms with Crippen molar-refractivity contribution in [3.05, 3.63) is 52.6 Å². The number of aliphatic hydroxyl groups excluding tert-OH is 1. The Kier molecular flexibility index (Phi) is 6.47. The maximum absolute atomic E-state index is 11.8. The molecule has 2 rings (SSSR count). The highest BCUT2D eigenvalue weighted by Crippen LogP contribution is 2.52. The molecule has 174 valence electrons. The maximum Gasteiger partial charge on any atom is 0.123 e. The first-order valence-electron chi connectivity index (χ1n) is 11.7. The average molecular weight is 427 g/mol. The lowest BCUT2D eigenvalue weighted by Crippen LogP contribution is -2.49. The van der Waals surface area contributed by atoms with E-state index in [9.17, 15) is 10.2 Å². The molecule has 2 unspecified atom stereocenters. The number of allylic oxidation sites excluding steroid dienone is 2. The van der Waals surface area contributed by atoms with Gasteiger partial charge < -0.3 is 10.2 Å². The molecule has 0 aromatic heterocycles. The molecule has 0 aliphatic heterocycles. The van der Waals surface area contributed by atoms with Gasteiger partial charge in [-0.3, -0.25) is 0 Å². The Morgan fingerprint density at radius 1 is 0.774 bits per heavy atom. The molecule has 31 heavy (non-hydrogen) atoms. The van der Waals surface area contributed by atoms with E-state index < -0.39 is 11.5 Å². The molecule has 1 aromatic rings. The number of aromatic hydroxyl groups is 1. The van der Waals surface area contributed by atoms with Crippen molar-refractivity contribution >= 4 is 0 Å². The van der Waals surface area contributed by atoms with Crippen LogP contribution in [0.15, 0.2) is 35.9 Å². The smallest absolute Gasteiger partial charge is 0.123 e. The van der Waals surface area contributed by atoms with Crippen molar-refractivity contribution in [1.82, 2.24) is 0 Å². The fourth-order valence-corrected chi connectivity index (χ4v) is 4.80. The molecule has 0 saturated heterocycles. The van der Waals surface area contributed by atoms with Gasteiger partial charge in [0.15, 0.2) is 0 Å². The Labute approximate surface area is 191 Å². The van der Waals surface area contributed by atoms with Crippen molar-refractivity contribution in [2.75, 3.05) is 0 Å². The lowest BCUT2D eigenvalue weighted by atomic mass is 9.55. The number of hydrogen-bond donors (Lipinski definition) is 2. The second-order valence-corrected chi connectivity index (χ2v) is 13.6. The van der Waals surface area contributed by atoms with Gasteiger partial charge in [-0.1, -0.05) is 113 Å². The highest BCUT2D eigenvalue weighted by atomic mass is 16.3. The van der Waals surface area contributed by atoms with Gasteiger partial charge in [-0.15, -0.1) is 0 Å². The molecule has 0 fully saturated rings. The SMILES string of the molecule is CC(C)(C)C1=CC=CC(Cc2cc(C(C)(C)C)c(O)c(C(C)(C)C)c2)(C(C)(C)C)C1O.